The number of ether oxygens (including phenoxy) is 1. The molecule has 0 aromatic heterocycles. The molecule has 0 bridgehead atoms. The minimum Gasteiger partial charge on any atom is -0.506 e. The number of carbonyl (C=O) groups excluding carboxylic acids is 1. The highest BCUT2D eigenvalue weighted by Gasteiger charge is 2.13. The summed E-state index contributed by atoms with van der Waals surface area (Å²) in [5.41, 5.74) is 2.50. The lowest BCUT2D eigenvalue weighted by Gasteiger charge is -2.03. The van der Waals surface area contributed by atoms with E-state index in [4.69, 9.17) is 4.74 Å². The second-order valence-electron chi connectivity index (χ2n) is 4.55. The fraction of sp³-hybridized carbons (Fsp3) is 0.0667. The Labute approximate surface area is 145 Å². The van der Waals surface area contributed by atoms with Crippen LogP contribution in [0, 0.1) is 10.1 Å². The van der Waals surface area contributed by atoms with Crippen molar-refractivity contribution < 1.29 is 19.6 Å². The number of hydrogen-bond donors (Lipinski definition) is 2. The van der Waals surface area contributed by atoms with Crippen molar-refractivity contribution in [3.63, 3.8) is 0 Å². The number of aromatic hydroxyl groups is 1. The third kappa shape index (κ3) is 4.07. The quantitative estimate of drug-likeness (QED) is 0.460. The predicted octanol–water partition coefficient (Wildman–Crippen LogP) is 2.84. The Hall–Kier alpha value is -2.94. The third-order valence-electron chi connectivity index (χ3n) is 3.01. The molecule has 0 aliphatic rings. The van der Waals surface area contributed by atoms with Gasteiger partial charge in [-0.1, -0.05) is 0 Å². The molecule has 0 atom stereocenters. The maximum Gasteiger partial charge on any atom is 0.271 e. The van der Waals surface area contributed by atoms with Gasteiger partial charge in [-0.25, -0.2) is 5.43 Å². The van der Waals surface area contributed by atoms with Gasteiger partial charge >= 0.3 is 0 Å². The molecule has 2 N–H and O–H groups in total. The van der Waals surface area contributed by atoms with Crippen LogP contribution >= 0.6 is 15.9 Å². The molecule has 0 aliphatic carbocycles. The van der Waals surface area contributed by atoms with Gasteiger partial charge < -0.3 is 9.84 Å². The molecular formula is C15H12BrN3O5. The molecule has 2 aromatic rings. The molecule has 0 saturated carbocycles. The Morgan fingerprint density at radius 1 is 1.38 bits per heavy atom. The second kappa shape index (κ2) is 7.55. The smallest absolute Gasteiger partial charge is 0.271 e. The van der Waals surface area contributed by atoms with Gasteiger partial charge in [0.05, 0.1) is 22.7 Å². The van der Waals surface area contributed by atoms with Gasteiger partial charge in [-0.2, -0.15) is 5.10 Å². The normalized spacial score (nSPS) is 10.6. The number of benzene rings is 2. The Bertz CT molecular complexity index is 806. The first kappa shape index (κ1) is 17.4. The van der Waals surface area contributed by atoms with Crippen molar-refractivity contribution in [2.24, 2.45) is 5.10 Å². The van der Waals surface area contributed by atoms with Gasteiger partial charge in [0.15, 0.2) is 0 Å². The number of nitrogens with one attached hydrogen (secondary N) is 1. The van der Waals surface area contributed by atoms with E-state index in [1.807, 2.05) is 0 Å². The largest absolute Gasteiger partial charge is 0.506 e. The lowest BCUT2D eigenvalue weighted by atomic mass is 10.2. The van der Waals surface area contributed by atoms with Crippen LogP contribution in [-0.2, 0) is 0 Å². The van der Waals surface area contributed by atoms with Crippen LogP contribution in [0.3, 0.4) is 0 Å². The number of rotatable bonds is 5. The fourth-order valence-electron chi connectivity index (χ4n) is 1.78. The Morgan fingerprint density at radius 3 is 2.62 bits per heavy atom. The van der Waals surface area contributed by atoms with Crippen molar-refractivity contribution in [2.75, 3.05) is 7.11 Å². The van der Waals surface area contributed by atoms with E-state index in [-0.39, 0.29) is 21.5 Å². The highest BCUT2D eigenvalue weighted by Crippen LogP contribution is 2.31. The number of hydrogen-bond acceptors (Lipinski definition) is 6. The Morgan fingerprint density at radius 2 is 2.04 bits per heavy atom. The zero-order valence-corrected chi connectivity index (χ0v) is 14.0. The zero-order valence-electron chi connectivity index (χ0n) is 12.4. The van der Waals surface area contributed by atoms with Crippen LogP contribution in [0.5, 0.6) is 11.5 Å². The lowest BCUT2D eigenvalue weighted by Crippen LogP contribution is -2.17. The number of methoxy groups -OCH3 is 1. The SMILES string of the molecule is COc1ccc(C(=O)NN=Cc2cc([N+](=O)[O-])cc(Br)c2O)cc1. The molecule has 0 saturated heterocycles. The van der Waals surface area contributed by atoms with Gasteiger partial charge in [-0.3, -0.25) is 14.9 Å². The first-order valence-corrected chi connectivity index (χ1v) is 7.36. The Kier molecular flexibility index (Phi) is 5.48. The molecule has 0 heterocycles. The fourth-order valence-corrected chi connectivity index (χ4v) is 2.24. The van der Waals surface area contributed by atoms with Gasteiger partial charge in [-0.15, -0.1) is 0 Å². The summed E-state index contributed by atoms with van der Waals surface area (Å²) in [6, 6.07) is 8.69. The highest BCUT2D eigenvalue weighted by atomic mass is 79.9. The molecule has 9 heteroatoms. The van der Waals surface area contributed by atoms with Crippen LogP contribution in [0.2, 0.25) is 0 Å². The van der Waals surface area contributed by atoms with E-state index in [0.717, 1.165) is 12.3 Å². The van der Waals surface area contributed by atoms with E-state index in [9.17, 15) is 20.0 Å². The van der Waals surface area contributed by atoms with Gasteiger partial charge in [-0.05, 0) is 40.2 Å². The number of nitrogens with zero attached hydrogens (tertiary/aromatic N) is 2. The maximum atomic E-state index is 11.9. The predicted molar refractivity (Wildman–Crippen MR) is 90.5 cm³/mol. The number of phenolic OH excluding ortho intramolecular Hbond substituents is 1. The molecule has 2 rings (SSSR count). The number of nitro groups is 1. The van der Waals surface area contributed by atoms with Crippen LogP contribution in [0.1, 0.15) is 15.9 Å². The summed E-state index contributed by atoms with van der Waals surface area (Å²) < 4.78 is 5.15. The number of amides is 1. The molecule has 0 aliphatic heterocycles. The summed E-state index contributed by atoms with van der Waals surface area (Å²) >= 11 is 3.02. The molecule has 24 heavy (non-hydrogen) atoms. The van der Waals surface area contributed by atoms with Crippen LogP contribution in [0.25, 0.3) is 0 Å². The minimum atomic E-state index is -0.600. The van der Waals surface area contributed by atoms with Crippen molar-refractivity contribution in [1.29, 1.82) is 0 Å². The molecular weight excluding hydrogens is 382 g/mol. The van der Waals surface area contributed by atoms with E-state index in [1.165, 1.54) is 13.2 Å². The molecule has 0 unspecified atom stereocenters. The van der Waals surface area contributed by atoms with Crippen molar-refractivity contribution in [3.05, 3.63) is 62.1 Å². The summed E-state index contributed by atoms with van der Waals surface area (Å²) in [5.74, 6) is -0.0812. The van der Waals surface area contributed by atoms with E-state index >= 15 is 0 Å². The first-order chi connectivity index (χ1) is 11.4. The summed E-state index contributed by atoms with van der Waals surface area (Å²) in [4.78, 5) is 22.1. The second-order valence-corrected chi connectivity index (χ2v) is 5.40. The molecule has 2 aromatic carbocycles. The molecule has 0 spiro atoms. The average Bonchev–Trinajstić information content (AvgIpc) is 2.58. The van der Waals surface area contributed by atoms with Crippen LogP contribution in [-0.4, -0.2) is 29.3 Å². The van der Waals surface area contributed by atoms with Gasteiger partial charge in [0.25, 0.3) is 11.6 Å². The molecule has 8 nitrogen and oxygen atoms in total. The van der Waals surface area contributed by atoms with Gasteiger partial charge in [0.2, 0.25) is 0 Å². The van der Waals surface area contributed by atoms with Crippen molar-refractivity contribution in [3.8, 4) is 11.5 Å². The third-order valence-corrected chi connectivity index (χ3v) is 3.61. The Balaban J connectivity index is 2.13. The highest BCUT2D eigenvalue weighted by molar-refractivity contribution is 9.10. The van der Waals surface area contributed by atoms with Gasteiger partial charge in [0, 0.05) is 23.3 Å². The maximum absolute atomic E-state index is 11.9. The standard InChI is InChI=1S/C15H12BrN3O5/c1-24-12-4-2-9(3-5-12)15(21)18-17-8-10-6-11(19(22)23)7-13(16)14(10)20/h2-8,20H,1H3,(H,18,21). The molecule has 124 valence electrons. The van der Waals surface area contributed by atoms with Crippen LogP contribution in [0.4, 0.5) is 5.69 Å². The number of carbonyl (C=O) groups is 1. The van der Waals surface area contributed by atoms with Crippen molar-refractivity contribution in [2.45, 2.75) is 0 Å². The number of phenols is 1. The number of halogens is 1. The summed E-state index contributed by atoms with van der Waals surface area (Å²) in [5, 5.41) is 24.4. The van der Waals surface area contributed by atoms with E-state index in [0.29, 0.717) is 11.3 Å². The molecule has 1 amide bonds. The van der Waals surface area contributed by atoms with E-state index in [2.05, 4.69) is 26.5 Å². The van der Waals surface area contributed by atoms with Crippen molar-refractivity contribution >= 4 is 33.7 Å². The number of hydrazone groups is 1. The lowest BCUT2D eigenvalue weighted by molar-refractivity contribution is -0.385. The van der Waals surface area contributed by atoms with Crippen LogP contribution in [0.15, 0.2) is 46.0 Å². The average molecular weight is 394 g/mol. The number of non-ortho nitro benzene ring substituents is 1. The summed E-state index contributed by atoms with van der Waals surface area (Å²) in [6.07, 6.45) is 1.12. The molecule has 0 fully saturated rings. The summed E-state index contributed by atoms with van der Waals surface area (Å²) in [6.45, 7) is 0. The summed E-state index contributed by atoms with van der Waals surface area (Å²) in [7, 11) is 1.52. The van der Waals surface area contributed by atoms with Gasteiger partial charge in [0.1, 0.15) is 11.5 Å². The monoisotopic (exact) mass is 393 g/mol. The van der Waals surface area contributed by atoms with E-state index in [1.54, 1.807) is 24.3 Å². The first-order valence-electron chi connectivity index (χ1n) is 6.56. The zero-order chi connectivity index (χ0) is 17.7. The van der Waals surface area contributed by atoms with E-state index < -0.39 is 10.8 Å². The number of nitro benzene ring substituents is 1. The molecule has 0 radical (unpaired) electrons. The van der Waals surface area contributed by atoms with Crippen LogP contribution < -0.4 is 10.2 Å². The topological polar surface area (TPSA) is 114 Å². The van der Waals surface area contributed by atoms with Crippen molar-refractivity contribution in [1.82, 2.24) is 5.43 Å². The minimum absolute atomic E-state index is 0.0890.